The molecule has 7 heteroatoms. The van der Waals surface area contributed by atoms with Crippen LogP contribution in [0.25, 0.3) is 22.5 Å². The first-order chi connectivity index (χ1) is 15.1. The van der Waals surface area contributed by atoms with Crippen LogP contribution in [0.1, 0.15) is 5.56 Å². The van der Waals surface area contributed by atoms with E-state index < -0.39 is 4.92 Å². The Balaban J connectivity index is 1.71. The summed E-state index contributed by atoms with van der Waals surface area (Å²) in [5.74, 6) is 0.418. The van der Waals surface area contributed by atoms with Crippen LogP contribution in [0.4, 0.5) is 11.6 Å². The van der Waals surface area contributed by atoms with Crippen LogP contribution < -0.4 is 5.01 Å². The van der Waals surface area contributed by atoms with Gasteiger partial charge in [-0.1, -0.05) is 72.8 Å². The lowest BCUT2D eigenvalue weighted by atomic mass is 10.1. The Morgan fingerprint density at radius 3 is 1.97 bits per heavy atom. The molecule has 0 spiro atoms. The summed E-state index contributed by atoms with van der Waals surface area (Å²) in [5.41, 5.74) is 4.13. The molecule has 0 saturated carbocycles. The van der Waals surface area contributed by atoms with Crippen LogP contribution >= 0.6 is 0 Å². The van der Waals surface area contributed by atoms with Crippen molar-refractivity contribution in [1.29, 1.82) is 0 Å². The first-order valence-electron chi connectivity index (χ1n) is 9.62. The van der Waals surface area contributed by atoms with Crippen molar-refractivity contribution >= 4 is 17.9 Å². The number of nitrogens with zero attached hydrogens (tertiary/aromatic N) is 5. The van der Waals surface area contributed by atoms with Gasteiger partial charge in [0.1, 0.15) is 0 Å². The molecular formula is C24H19N5O2. The van der Waals surface area contributed by atoms with E-state index in [0.29, 0.717) is 11.5 Å². The minimum Gasteiger partial charge on any atom is -0.258 e. The Kier molecular flexibility index (Phi) is 5.75. The number of benzene rings is 3. The van der Waals surface area contributed by atoms with Crippen molar-refractivity contribution in [3.63, 3.8) is 0 Å². The lowest BCUT2D eigenvalue weighted by Crippen LogP contribution is -2.13. The second-order valence-corrected chi connectivity index (χ2v) is 6.79. The van der Waals surface area contributed by atoms with Gasteiger partial charge in [-0.3, -0.25) is 10.1 Å². The topological polar surface area (TPSA) is 84.5 Å². The number of nitro groups is 1. The highest BCUT2D eigenvalue weighted by molar-refractivity contribution is 5.81. The minimum absolute atomic E-state index is 0.0142. The van der Waals surface area contributed by atoms with Crippen LogP contribution in [0.5, 0.6) is 0 Å². The Hall–Kier alpha value is -4.39. The molecule has 0 amide bonds. The molecule has 0 aliphatic heterocycles. The third-order valence-electron chi connectivity index (χ3n) is 4.60. The Morgan fingerprint density at radius 2 is 1.42 bits per heavy atom. The lowest BCUT2D eigenvalue weighted by Gasteiger charge is -2.14. The summed E-state index contributed by atoms with van der Waals surface area (Å²) in [5, 5.41) is 16.9. The van der Waals surface area contributed by atoms with Gasteiger partial charge in [0, 0.05) is 35.9 Å². The summed E-state index contributed by atoms with van der Waals surface area (Å²) >= 11 is 0. The van der Waals surface area contributed by atoms with E-state index in [1.807, 2.05) is 66.7 Å². The number of aromatic nitrogens is 2. The summed E-state index contributed by atoms with van der Waals surface area (Å²) in [4.78, 5) is 19.9. The number of anilines is 1. The molecule has 4 aromatic rings. The van der Waals surface area contributed by atoms with Gasteiger partial charge in [0.2, 0.25) is 5.95 Å². The summed E-state index contributed by atoms with van der Waals surface area (Å²) in [7, 11) is 1.74. The van der Waals surface area contributed by atoms with E-state index in [0.717, 1.165) is 22.5 Å². The van der Waals surface area contributed by atoms with Crippen molar-refractivity contribution in [1.82, 2.24) is 9.97 Å². The fraction of sp³-hybridized carbons (Fsp3) is 0.0417. The maximum atomic E-state index is 11.0. The molecule has 152 valence electrons. The molecule has 0 unspecified atom stereocenters. The Bertz CT molecular complexity index is 1170. The normalized spacial score (nSPS) is 10.9. The van der Waals surface area contributed by atoms with Gasteiger partial charge in [-0.25, -0.2) is 15.0 Å². The molecule has 0 fully saturated rings. The number of non-ortho nitro benzene ring substituents is 1. The predicted molar refractivity (Wildman–Crippen MR) is 122 cm³/mol. The van der Waals surface area contributed by atoms with Gasteiger partial charge in [0.15, 0.2) is 0 Å². The van der Waals surface area contributed by atoms with Crippen LogP contribution in [0.15, 0.2) is 96.1 Å². The first kappa shape index (κ1) is 19.9. The zero-order valence-electron chi connectivity index (χ0n) is 16.8. The Labute approximate surface area is 179 Å². The molecule has 0 saturated heterocycles. The lowest BCUT2D eigenvalue weighted by molar-refractivity contribution is -0.384. The Morgan fingerprint density at radius 1 is 0.839 bits per heavy atom. The number of rotatable bonds is 6. The molecule has 1 heterocycles. The van der Waals surface area contributed by atoms with E-state index in [1.165, 1.54) is 12.1 Å². The SMILES string of the molecule is CN(/N=C\c1cccc([N+](=O)[O-])c1)c1nc(-c2ccccc2)cc(-c2ccccc2)n1. The average Bonchev–Trinajstić information content (AvgIpc) is 2.83. The predicted octanol–water partition coefficient (Wildman–Crippen LogP) is 5.19. The highest BCUT2D eigenvalue weighted by atomic mass is 16.6. The van der Waals surface area contributed by atoms with Crippen molar-refractivity contribution in [3.05, 3.63) is 107 Å². The van der Waals surface area contributed by atoms with Gasteiger partial charge in [0.25, 0.3) is 5.69 Å². The first-order valence-corrected chi connectivity index (χ1v) is 9.62. The zero-order valence-corrected chi connectivity index (χ0v) is 16.8. The average molecular weight is 409 g/mol. The summed E-state index contributed by atoms with van der Waals surface area (Å²) in [6.45, 7) is 0. The molecular weight excluding hydrogens is 390 g/mol. The number of nitro benzene ring substituents is 1. The van der Waals surface area contributed by atoms with Gasteiger partial charge in [0.05, 0.1) is 22.5 Å². The van der Waals surface area contributed by atoms with E-state index in [1.54, 1.807) is 30.4 Å². The molecule has 0 aliphatic rings. The smallest absolute Gasteiger partial charge is 0.258 e. The monoisotopic (exact) mass is 409 g/mol. The highest BCUT2D eigenvalue weighted by Gasteiger charge is 2.11. The van der Waals surface area contributed by atoms with E-state index in [9.17, 15) is 10.1 Å². The maximum Gasteiger partial charge on any atom is 0.270 e. The van der Waals surface area contributed by atoms with Crippen molar-refractivity contribution in [2.45, 2.75) is 0 Å². The summed E-state index contributed by atoms with van der Waals surface area (Å²) in [6.07, 6.45) is 1.55. The number of hydrogen-bond donors (Lipinski definition) is 0. The van der Waals surface area contributed by atoms with Crippen molar-refractivity contribution in [2.75, 3.05) is 12.1 Å². The number of hydrazone groups is 1. The van der Waals surface area contributed by atoms with Crippen LogP contribution in [-0.2, 0) is 0 Å². The number of hydrogen-bond acceptors (Lipinski definition) is 6. The molecule has 0 atom stereocenters. The highest BCUT2D eigenvalue weighted by Crippen LogP contribution is 2.26. The summed E-state index contributed by atoms with van der Waals surface area (Å²) in [6, 6.07) is 28.0. The van der Waals surface area contributed by atoms with Crippen molar-refractivity contribution in [2.24, 2.45) is 5.10 Å². The van der Waals surface area contributed by atoms with Crippen molar-refractivity contribution < 1.29 is 4.92 Å². The van der Waals surface area contributed by atoms with Gasteiger partial charge in [-0.15, -0.1) is 0 Å². The van der Waals surface area contributed by atoms with Gasteiger partial charge < -0.3 is 0 Å². The van der Waals surface area contributed by atoms with E-state index in [4.69, 9.17) is 0 Å². The van der Waals surface area contributed by atoms with E-state index in [2.05, 4.69) is 15.1 Å². The molecule has 7 nitrogen and oxygen atoms in total. The van der Waals surface area contributed by atoms with Gasteiger partial charge in [-0.05, 0) is 6.07 Å². The van der Waals surface area contributed by atoms with Crippen LogP contribution in [-0.4, -0.2) is 28.2 Å². The van der Waals surface area contributed by atoms with Crippen LogP contribution in [0, 0.1) is 10.1 Å². The zero-order chi connectivity index (χ0) is 21.6. The van der Waals surface area contributed by atoms with E-state index >= 15 is 0 Å². The maximum absolute atomic E-state index is 11.0. The standard InChI is InChI=1S/C24H19N5O2/c1-28(25-17-18-9-8-14-21(15-18)29(30)31)24-26-22(19-10-4-2-5-11-19)16-23(27-24)20-12-6-3-7-13-20/h2-17H,1H3/b25-17-. The molecule has 1 aromatic heterocycles. The fourth-order valence-electron chi connectivity index (χ4n) is 3.02. The largest absolute Gasteiger partial charge is 0.270 e. The third-order valence-corrected chi connectivity index (χ3v) is 4.60. The van der Waals surface area contributed by atoms with Crippen LogP contribution in [0.3, 0.4) is 0 Å². The van der Waals surface area contributed by atoms with Gasteiger partial charge >= 0.3 is 0 Å². The van der Waals surface area contributed by atoms with Crippen molar-refractivity contribution in [3.8, 4) is 22.5 Å². The molecule has 0 N–H and O–H groups in total. The van der Waals surface area contributed by atoms with Crippen LogP contribution in [0.2, 0.25) is 0 Å². The molecule has 0 radical (unpaired) electrons. The van der Waals surface area contributed by atoms with E-state index in [-0.39, 0.29) is 5.69 Å². The molecule has 3 aromatic carbocycles. The van der Waals surface area contributed by atoms with Gasteiger partial charge in [-0.2, -0.15) is 5.10 Å². The second-order valence-electron chi connectivity index (χ2n) is 6.79. The second kappa shape index (κ2) is 8.96. The molecule has 4 rings (SSSR count). The molecule has 0 bridgehead atoms. The summed E-state index contributed by atoms with van der Waals surface area (Å²) < 4.78 is 0. The minimum atomic E-state index is -0.431. The quantitative estimate of drug-likeness (QED) is 0.249. The fourth-order valence-corrected chi connectivity index (χ4v) is 3.02. The molecule has 0 aliphatic carbocycles. The third kappa shape index (κ3) is 4.79. The molecule has 31 heavy (non-hydrogen) atoms.